The molecule has 0 saturated heterocycles. The van der Waals surface area contributed by atoms with Crippen molar-refractivity contribution in [3.8, 4) is 0 Å². The molecule has 0 aromatic heterocycles. The Kier molecular flexibility index (Phi) is 3.40. The molecular weight excluding hydrogens is 256 g/mol. The Balaban J connectivity index is 1.69. The molecule has 21 heavy (non-hydrogen) atoms. The Hall–Kier alpha value is -0.330. The highest BCUT2D eigenvalue weighted by atomic mass is 16.1. The van der Waals surface area contributed by atoms with Crippen LogP contribution in [-0.2, 0) is 4.79 Å². The molecule has 2 unspecified atom stereocenters. The second kappa shape index (κ2) is 4.59. The summed E-state index contributed by atoms with van der Waals surface area (Å²) in [5.74, 6) is 1.45. The van der Waals surface area contributed by atoms with Gasteiger partial charge in [-0.05, 0) is 72.5 Å². The molecule has 0 aliphatic heterocycles. The summed E-state index contributed by atoms with van der Waals surface area (Å²) < 4.78 is 0. The summed E-state index contributed by atoms with van der Waals surface area (Å²) in [6.07, 6.45) is 11.0. The first-order valence-electron chi connectivity index (χ1n) is 9.03. The topological polar surface area (TPSA) is 17.1 Å². The normalized spacial score (nSPS) is 45.1. The van der Waals surface area contributed by atoms with Gasteiger partial charge in [0.25, 0.3) is 0 Å². The van der Waals surface area contributed by atoms with E-state index in [-0.39, 0.29) is 5.41 Å². The lowest BCUT2D eigenvalue weighted by molar-refractivity contribution is -0.155. The molecule has 4 aliphatic carbocycles. The molecular formula is C20H34O. The van der Waals surface area contributed by atoms with Gasteiger partial charge in [0.05, 0.1) is 0 Å². The van der Waals surface area contributed by atoms with E-state index in [4.69, 9.17) is 0 Å². The van der Waals surface area contributed by atoms with Crippen molar-refractivity contribution >= 4 is 5.78 Å². The maximum atomic E-state index is 12.6. The third-order valence-electron chi connectivity index (χ3n) is 6.47. The van der Waals surface area contributed by atoms with Crippen molar-refractivity contribution in [2.75, 3.05) is 0 Å². The summed E-state index contributed by atoms with van der Waals surface area (Å²) in [5.41, 5.74) is 1.74. The predicted molar refractivity (Wildman–Crippen MR) is 88.2 cm³/mol. The van der Waals surface area contributed by atoms with Crippen LogP contribution in [0.2, 0.25) is 0 Å². The monoisotopic (exact) mass is 290 g/mol. The molecule has 0 aromatic rings. The van der Waals surface area contributed by atoms with Crippen LogP contribution >= 0.6 is 0 Å². The van der Waals surface area contributed by atoms with Crippen molar-refractivity contribution in [2.45, 2.75) is 92.4 Å². The zero-order valence-electron chi connectivity index (χ0n) is 14.8. The maximum Gasteiger partial charge on any atom is 0.133 e. The van der Waals surface area contributed by atoms with Gasteiger partial charge in [0.15, 0.2) is 0 Å². The van der Waals surface area contributed by atoms with Crippen LogP contribution in [0.5, 0.6) is 0 Å². The summed E-state index contributed by atoms with van der Waals surface area (Å²) in [7, 11) is 0. The summed E-state index contributed by atoms with van der Waals surface area (Å²) in [6, 6.07) is 0. The lowest BCUT2D eigenvalue weighted by atomic mass is 9.39. The quantitative estimate of drug-likeness (QED) is 0.642. The number of hydrogen-bond donors (Lipinski definition) is 0. The van der Waals surface area contributed by atoms with Gasteiger partial charge in [-0.1, -0.05) is 34.6 Å². The number of carbonyl (C=O) groups excluding carboxylic acids is 1. The zero-order valence-corrected chi connectivity index (χ0v) is 14.8. The lowest BCUT2D eigenvalue weighted by Crippen LogP contribution is -2.55. The minimum atomic E-state index is 0.287. The second-order valence-electron chi connectivity index (χ2n) is 10.9. The molecule has 2 atom stereocenters. The first kappa shape index (κ1) is 15.6. The minimum Gasteiger partial charge on any atom is -0.300 e. The molecule has 4 bridgehead atoms. The van der Waals surface area contributed by atoms with E-state index in [0.29, 0.717) is 22.0 Å². The summed E-state index contributed by atoms with van der Waals surface area (Å²) in [4.78, 5) is 12.6. The summed E-state index contributed by atoms with van der Waals surface area (Å²) in [5, 5.41) is 0. The molecule has 0 spiro atoms. The highest BCUT2D eigenvalue weighted by molar-refractivity contribution is 5.79. The first-order chi connectivity index (χ1) is 9.51. The first-order valence-corrected chi connectivity index (χ1v) is 9.03. The molecule has 0 heterocycles. The van der Waals surface area contributed by atoms with Crippen LogP contribution in [0.15, 0.2) is 0 Å². The molecule has 0 radical (unpaired) electrons. The number of hydrogen-bond acceptors (Lipinski definition) is 1. The Morgan fingerprint density at radius 1 is 1.00 bits per heavy atom. The molecule has 0 aromatic carbocycles. The standard InChI is InChI=1S/C20H34O/c1-17(2,3)7-6-16(21)11-20-10-15-8-18(4,13-20)12-19(5,9-15)14-20/h15H,6-14H2,1-5H3. The van der Waals surface area contributed by atoms with Gasteiger partial charge in [-0.15, -0.1) is 0 Å². The van der Waals surface area contributed by atoms with Crippen LogP contribution in [0.1, 0.15) is 92.4 Å². The van der Waals surface area contributed by atoms with E-state index >= 15 is 0 Å². The van der Waals surface area contributed by atoms with Crippen molar-refractivity contribution in [3.63, 3.8) is 0 Å². The van der Waals surface area contributed by atoms with Crippen molar-refractivity contribution in [3.05, 3.63) is 0 Å². The van der Waals surface area contributed by atoms with Gasteiger partial charge in [0.1, 0.15) is 5.78 Å². The molecule has 4 fully saturated rings. The fourth-order valence-corrected chi connectivity index (χ4v) is 6.90. The fourth-order valence-electron chi connectivity index (χ4n) is 6.90. The number of carbonyl (C=O) groups is 1. The van der Waals surface area contributed by atoms with Crippen LogP contribution in [0.3, 0.4) is 0 Å². The van der Waals surface area contributed by atoms with Crippen LogP contribution in [0.25, 0.3) is 0 Å². The van der Waals surface area contributed by atoms with E-state index in [1.165, 1.54) is 38.5 Å². The molecule has 1 nitrogen and oxygen atoms in total. The summed E-state index contributed by atoms with van der Waals surface area (Å²) >= 11 is 0. The average molecular weight is 290 g/mol. The Bertz CT molecular complexity index is 423. The van der Waals surface area contributed by atoms with Crippen molar-refractivity contribution in [1.82, 2.24) is 0 Å². The maximum absolute atomic E-state index is 12.6. The second-order valence-corrected chi connectivity index (χ2v) is 10.9. The Labute approximate surface area is 131 Å². The van der Waals surface area contributed by atoms with E-state index in [2.05, 4.69) is 34.6 Å². The van der Waals surface area contributed by atoms with Crippen LogP contribution < -0.4 is 0 Å². The van der Waals surface area contributed by atoms with Gasteiger partial charge in [0, 0.05) is 12.8 Å². The Morgan fingerprint density at radius 3 is 2.05 bits per heavy atom. The third-order valence-corrected chi connectivity index (χ3v) is 6.47. The van der Waals surface area contributed by atoms with Crippen molar-refractivity contribution in [2.24, 2.45) is 27.6 Å². The van der Waals surface area contributed by atoms with Gasteiger partial charge in [-0.2, -0.15) is 0 Å². The van der Waals surface area contributed by atoms with Crippen molar-refractivity contribution < 1.29 is 4.79 Å². The van der Waals surface area contributed by atoms with E-state index in [0.717, 1.165) is 25.2 Å². The van der Waals surface area contributed by atoms with Gasteiger partial charge in [-0.3, -0.25) is 4.79 Å². The van der Waals surface area contributed by atoms with E-state index < -0.39 is 0 Å². The van der Waals surface area contributed by atoms with Crippen LogP contribution in [-0.4, -0.2) is 5.78 Å². The third kappa shape index (κ3) is 3.22. The highest BCUT2D eigenvalue weighted by Gasteiger charge is 2.60. The van der Waals surface area contributed by atoms with Crippen LogP contribution in [0.4, 0.5) is 0 Å². The molecule has 0 amide bonds. The molecule has 1 heteroatoms. The smallest absolute Gasteiger partial charge is 0.133 e. The van der Waals surface area contributed by atoms with Gasteiger partial charge in [-0.25, -0.2) is 0 Å². The molecule has 120 valence electrons. The molecule has 4 aliphatic rings. The van der Waals surface area contributed by atoms with E-state index in [9.17, 15) is 4.79 Å². The number of rotatable bonds is 4. The molecule has 0 N–H and O–H groups in total. The Morgan fingerprint density at radius 2 is 1.57 bits per heavy atom. The molecule has 4 rings (SSSR count). The van der Waals surface area contributed by atoms with Gasteiger partial charge < -0.3 is 0 Å². The van der Waals surface area contributed by atoms with Crippen molar-refractivity contribution in [1.29, 1.82) is 0 Å². The predicted octanol–water partition coefficient (Wildman–Crippen LogP) is 5.77. The number of ketones is 1. The highest BCUT2D eigenvalue weighted by Crippen LogP contribution is 2.70. The van der Waals surface area contributed by atoms with Gasteiger partial charge in [0.2, 0.25) is 0 Å². The SMILES string of the molecule is CC(C)(C)CCC(=O)CC12CC3CC(C)(CC(C)(C3)C1)C2. The molecule has 4 saturated carbocycles. The van der Waals surface area contributed by atoms with E-state index in [1.54, 1.807) is 0 Å². The largest absolute Gasteiger partial charge is 0.300 e. The number of Topliss-reactive ketones (excluding diaryl/α,β-unsaturated/α-hetero) is 1. The summed E-state index contributed by atoms with van der Waals surface area (Å²) in [6.45, 7) is 11.7. The lowest BCUT2D eigenvalue weighted by Gasteiger charge is -2.65. The van der Waals surface area contributed by atoms with E-state index in [1.807, 2.05) is 0 Å². The minimum absolute atomic E-state index is 0.287. The zero-order chi connectivity index (χ0) is 15.5. The van der Waals surface area contributed by atoms with Gasteiger partial charge >= 0.3 is 0 Å². The van der Waals surface area contributed by atoms with Crippen LogP contribution in [0, 0.1) is 27.6 Å². The average Bonchev–Trinajstić information content (AvgIpc) is 2.19. The fraction of sp³-hybridized carbons (Fsp3) is 0.950.